The zero-order valence-corrected chi connectivity index (χ0v) is 12.3. The molecule has 2 aromatic rings. The summed E-state index contributed by atoms with van der Waals surface area (Å²) in [6.45, 7) is 0. The third-order valence-corrected chi connectivity index (χ3v) is 4.52. The van der Waals surface area contributed by atoms with Crippen LogP contribution in [0.1, 0.15) is 27.9 Å². The Labute approximate surface area is 125 Å². The van der Waals surface area contributed by atoms with Crippen molar-refractivity contribution >= 4 is 27.5 Å². The molecule has 0 bridgehead atoms. The lowest BCUT2D eigenvalue weighted by atomic mass is 9.97. The van der Waals surface area contributed by atoms with Crippen molar-refractivity contribution in [2.75, 3.05) is 5.32 Å². The summed E-state index contributed by atoms with van der Waals surface area (Å²) in [5.74, 6) is -0.171. The molecule has 1 aliphatic rings. The van der Waals surface area contributed by atoms with Crippen molar-refractivity contribution in [3.05, 3.63) is 65.0 Å². The Balaban J connectivity index is 1.95. The minimum Gasteiger partial charge on any atom is -0.326 e. The van der Waals surface area contributed by atoms with E-state index in [1.54, 1.807) is 12.1 Å². The van der Waals surface area contributed by atoms with E-state index >= 15 is 0 Å². The van der Waals surface area contributed by atoms with Gasteiger partial charge < -0.3 is 5.32 Å². The Bertz CT molecular complexity index is 671. The molecule has 3 rings (SSSR count). The van der Waals surface area contributed by atoms with E-state index in [2.05, 4.69) is 21.2 Å². The minimum atomic E-state index is -0.222. The number of carbonyl (C=O) groups is 1. The number of nitrogens with one attached hydrogen (secondary N) is 1. The molecule has 1 amide bonds. The van der Waals surface area contributed by atoms with Gasteiger partial charge in [-0.15, -0.1) is 0 Å². The molecule has 0 saturated carbocycles. The number of hydrogen-bond acceptors (Lipinski definition) is 1. The summed E-state index contributed by atoms with van der Waals surface area (Å²) < 4.78 is 13.8. The Morgan fingerprint density at radius 3 is 2.75 bits per heavy atom. The molecule has 0 saturated heterocycles. The van der Waals surface area contributed by atoms with E-state index in [9.17, 15) is 9.18 Å². The maximum Gasteiger partial charge on any atom is 0.224 e. The molecule has 1 heterocycles. The number of benzene rings is 2. The molecule has 1 N–H and O–H groups in total. The number of rotatable bonds is 2. The van der Waals surface area contributed by atoms with Crippen molar-refractivity contribution in [2.24, 2.45) is 0 Å². The Kier molecular flexibility index (Phi) is 3.57. The van der Waals surface area contributed by atoms with E-state index in [0.717, 1.165) is 23.2 Å². The molecule has 102 valence electrons. The first-order chi connectivity index (χ1) is 9.65. The maximum absolute atomic E-state index is 13.8. The summed E-state index contributed by atoms with van der Waals surface area (Å²) >= 11 is 3.56. The van der Waals surface area contributed by atoms with Crippen molar-refractivity contribution in [1.82, 2.24) is 0 Å². The van der Waals surface area contributed by atoms with Gasteiger partial charge in [0.25, 0.3) is 0 Å². The topological polar surface area (TPSA) is 29.1 Å². The minimum absolute atomic E-state index is 0.0507. The average molecular weight is 334 g/mol. The summed E-state index contributed by atoms with van der Waals surface area (Å²) in [4.78, 5) is 11.2. The monoisotopic (exact) mass is 333 g/mol. The molecular weight excluding hydrogens is 321 g/mol. The number of halogens is 2. The summed E-state index contributed by atoms with van der Waals surface area (Å²) in [5, 5.41) is 2.85. The van der Waals surface area contributed by atoms with Gasteiger partial charge in [0.15, 0.2) is 0 Å². The Morgan fingerprint density at radius 2 is 1.95 bits per heavy atom. The standard InChI is InChI=1S/C16H13BrFNO/c17-16(12-3-1-2-4-13(12)18)11-5-7-14-10(9-11)6-8-15(20)19-14/h1-5,7,9,16H,6,8H2,(H,19,20). The van der Waals surface area contributed by atoms with Gasteiger partial charge in [0.1, 0.15) is 5.82 Å². The first-order valence-corrected chi connectivity index (χ1v) is 7.38. The quantitative estimate of drug-likeness (QED) is 0.820. The number of carbonyl (C=O) groups excluding carboxylic acids is 1. The lowest BCUT2D eigenvalue weighted by Gasteiger charge is -2.19. The number of aryl methyl sites for hydroxylation is 1. The van der Waals surface area contributed by atoms with Crippen molar-refractivity contribution in [3.63, 3.8) is 0 Å². The molecule has 0 spiro atoms. The van der Waals surface area contributed by atoms with Crippen molar-refractivity contribution in [3.8, 4) is 0 Å². The molecule has 20 heavy (non-hydrogen) atoms. The van der Waals surface area contributed by atoms with Crippen LogP contribution in [0.5, 0.6) is 0 Å². The first-order valence-electron chi connectivity index (χ1n) is 6.46. The van der Waals surface area contributed by atoms with Gasteiger partial charge in [-0.25, -0.2) is 4.39 Å². The van der Waals surface area contributed by atoms with Crippen molar-refractivity contribution < 1.29 is 9.18 Å². The Morgan fingerprint density at radius 1 is 1.15 bits per heavy atom. The zero-order valence-electron chi connectivity index (χ0n) is 10.7. The first kappa shape index (κ1) is 13.3. The predicted octanol–water partition coefficient (Wildman–Crippen LogP) is 4.19. The summed E-state index contributed by atoms with van der Waals surface area (Å²) in [6.07, 6.45) is 1.23. The van der Waals surface area contributed by atoms with E-state index < -0.39 is 0 Å². The number of alkyl halides is 1. The van der Waals surface area contributed by atoms with Crippen LogP contribution in [0.15, 0.2) is 42.5 Å². The zero-order chi connectivity index (χ0) is 14.1. The van der Waals surface area contributed by atoms with Crippen LogP contribution in [0, 0.1) is 5.82 Å². The Hall–Kier alpha value is -1.68. The van der Waals surface area contributed by atoms with Crippen LogP contribution in [0.4, 0.5) is 10.1 Å². The fourth-order valence-electron chi connectivity index (χ4n) is 2.42. The van der Waals surface area contributed by atoms with Crippen LogP contribution in [0.25, 0.3) is 0 Å². The van der Waals surface area contributed by atoms with E-state index in [-0.39, 0.29) is 16.6 Å². The second-order valence-corrected chi connectivity index (χ2v) is 5.76. The van der Waals surface area contributed by atoms with Gasteiger partial charge in [-0.05, 0) is 29.7 Å². The third kappa shape index (κ3) is 2.48. The lowest BCUT2D eigenvalue weighted by molar-refractivity contribution is -0.116. The molecule has 1 unspecified atom stereocenters. The molecule has 0 radical (unpaired) electrons. The molecule has 0 aromatic heterocycles. The second kappa shape index (κ2) is 5.37. The van der Waals surface area contributed by atoms with Gasteiger partial charge >= 0.3 is 0 Å². The van der Waals surface area contributed by atoms with E-state index in [1.165, 1.54) is 6.07 Å². The average Bonchev–Trinajstić information content (AvgIpc) is 2.46. The normalized spacial score (nSPS) is 15.4. The van der Waals surface area contributed by atoms with Crippen molar-refractivity contribution in [1.29, 1.82) is 0 Å². The van der Waals surface area contributed by atoms with Crippen LogP contribution in [0.2, 0.25) is 0 Å². The molecule has 2 aromatic carbocycles. The predicted molar refractivity (Wildman–Crippen MR) is 80.6 cm³/mol. The van der Waals surface area contributed by atoms with Crippen LogP contribution in [-0.2, 0) is 11.2 Å². The van der Waals surface area contributed by atoms with Gasteiger partial charge in [-0.1, -0.05) is 46.3 Å². The number of hydrogen-bond donors (Lipinski definition) is 1. The van der Waals surface area contributed by atoms with Gasteiger partial charge in [0, 0.05) is 17.7 Å². The van der Waals surface area contributed by atoms with Gasteiger partial charge in [-0.3, -0.25) is 4.79 Å². The molecule has 1 aliphatic heterocycles. The van der Waals surface area contributed by atoms with E-state index in [4.69, 9.17) is 0 Å². The highest BCUT2D eigenvalue weighted by Crippen LogP contribution is 2.35. The fourth-order valence-corrected chi connectivity index (χ4v) is 3.08. The largest absolute Gasteiger partial charge is 0.326 e. The molecule has 0 aliphatic carbocycles. The molecule has 4 heteroatoms. The highest BCUT2D eigenvalue weighted by molar-refractivity contribution is 9.09. The van der Waals surface area contributed by atoms with Gasteiger partial charge in [-0.2, -0.15) is 0 Å². The van der Waals surface area contributed by atoms with E-state index in [0.29, 0.717) is 12.0 Å². The number of anilines is 1. The maximum atomic E-state index is 13.8. The fraction of sp³-hybridized carbons (Fsp3) is 0.188. The number of amides is 1. The van der Waals surface area contributed by atoms with Crippen LogP contribution < -0.4 is 5.32 Å². The highest BCUT2D eigenvalue weighted by atomic mass is 79.9. The third-order valence-electron chi connectivity index (χ3n) is 3.50. The SMILES string of the molecule is O=C1CCc2cc(C(Br)c3ccccc3F)ccc2N1. The van der Waals surface area contributed by atoms with Crippen molar-refractivity contribution in [2.45, 2.75) is 17.7 Å². The highest BCUT2D eigenvalue weighted by Gasteiger charge is 2.19. The van der Waals surface area contributed by atoms with Gasteiger partial charge in [0.05, 0.1) is 4.83 Å². The van der Waals surface area contributed by atoms with Crippen LogP contribution in [-0.4, -0.2) is 5.91 Å². The van der Waals surface area contributed by atoms with Gasteiger partial charge in [0.2, 0.25) is 5.91 Å². The summed E-state index contributed by atoms with van der Waals surface area (Å²) in [7, 11) is 0. The molecular formula is C16H13BrFNO. The summed E-state index contributed by atoms with van der Waals surface area (Å²) in [5.41, 5.74) is 3.57. The molecule has 1 atom stereocenters. The van der Waals surface area contributed by atoms with Crippen LogP contribution in [0.3, 0.4) is 0 Å². The van der Waals surface area contributed by atoms with Crippen LogP contribution >= 0.6 is 15.9 Å². The molecule has 0 fully saturated rings. The second-order valence-electron chi connectivity index (χ2n) is 4.85. The summed E-state index contributed by atoms with van der Waals surface area (Å²) in [6, 6.07) is 12.6. The lowest BCUT2D eigenvalue weighted by Crippen LogP contribution is -2.19. The number of fused-ring (bicyclic) bond motifs is 1. The molecule has 2 nitrogen and oxygen atoms in total. The van der Waals surface area contributed by atoms with E-state index in [1.807, 2.05) is 24.3 Å². The smallest absolute Gasteiger partial charge is 0.224 e.